The largest absolute Gasteiger partial charge is 0.374 e. The van der Waals surface area contributed by atoms with Gasteiger partial charge in [0.15, 0.2) is 5.82 Å². The molecular weight excluding hydrogens is 304 g/mol. The molecule has 0 aliphatic heterocycles. The zero-order valence-corrected chi connectivity index (χ0v) is 13.7. The lowest BCUT2D eigenvalue weighted by molar-refractivity contribution is -0.114. The van der Waals surface area contributed by atoms with Gasteiger partial charge in [-0.15, -0.1) is 0 Å². The number of carbonyl (C=O) groups excluding carboxylic acids is 1. The predicted molar refractivity (Wildman–Crippen MR) is 86.2 cm³/mol. The minimum atomic E-state index is -0.164. The molecule has 2 N–H and O–H groups in total. The summed E-state index contributed by atoms with van der Waals surface area (Å²) in [5.74, 6) is 1.26. The Balaban J connectivity index is 2.09. The summed E-state index contributed by atoms with van der Waals surface area (Å²) < 4.78 is 5.25. The number of halogens is 1. The molecule has 0 aliphatic rings. The van der Waals surface area contributed by atoms with Crippen molar-refractivity contribution in [3.8, 4) is 0 Å². The number of amides is 1. The van der Waals surface area contributed by atoms with Gasteiger partial charge in [-0.05, 0) is 25.1 Å². The molecule has 22 heavy (non-hydrogen) atoms. The van der Waals surface area contributed by atoms with E-state index in [1.54, 1.807) is 12.1 Å². The zero-order valence-electron chi connectivity index (χ0n) is 13.0. The van der Waals surface area contributed by atoms with Crippen molar-refractivity contribution in [3.63, 3.8) is 0 Å². The van der Waals surface area contributed by atoms with Crippen LogP contribution in [0.5, 0.6) is 0 Å². The highest BCUT2D eigenvalue weighted by Crippen LogP contribution is 2.27. The number of nitrogens with one attached hydrogen (secondary N) is 2. The average Bonchev–Trinajstić information content (AvgIpc) is 2.91. The molecule has 0 bridgehead atoms. The van der Waals surface area contributed by atoms with E-state index >= 15 is 0 Å². The van der Waals surface area contributed by atoms with Gasteiger partial charge in [0.2, 0.25) is 11.8 Å². The van der Waals surface area contributed by atoms with Gasteiger partial charge in [0, 0.05) is 18.5 Å². The number of nitrogens with zero attached hydrogens (tertiary/aromatic N) is 2. The molecule has 0 radical (unpaired) electrons. The number of rotatable bonds is 5. The van der Waals surface area contributed by atoms with Crippen LogP contribution in [0.3, 0.4) is 0 Å². The third-order valence-corrected chi connectivity index (χ3v) is 3.32. The van der Waals surface area contributed by atoms with E-state index < -0.39 is 0 Å². The van der Waals surface area contributed by atoms with Crippen LogP contribution in [0.1, 0.15) is 51.4 Å². The van der Waals surface area contributed by atoms with Crippen LogP contribution in [-0.4, -0.2) is 16.0 Å². The molecule has 1 aromatic heterocycles. The van der Waals surface area contributed by atoms with E-state index in [0.29, 0.717) is 22.4 Å². The van der Waals surface area contributed by atoms with Crippen molar-refractivity contribution in [3.05, 3.63) is 34.9 Å². The number of anilines is 2. The molecule has 1 unspecified atom stereocenters. The van der Waals surface area contributed by atoms with Gasteiger partial charge >= 0.3 is 0 Å². The normalized spacial score (nSPS) is 12.3. The third kappa shape index (κ3) is 3.98. The van der Waals surface area contributed by atoms with Gasteiger partial charge in [-0.3, -0.25) is 4.79 Å². The van der Waals surface area contributed by atoms with Gasteiger partial charge in [-0.25, -0.2) is 0 Å². The molecule has 1 aromatic carbocycles. The minimum absolute atomic E-state index is 0.150. The van der Waals surface area contributed by atoms with Crippen LogP contribution in [0.4, 0.5) is 11.4 Å². The topological polar surface area (TPSA) is 80.0 Å². The highest BCUT2D eigenvalue weighted by Gasteiger charge is 2.16. The lowest BCUT2D eigenvalue weighted by Crippen LogP contribution is -2.09. The maximum atomic E-state index is 11.1. The molecule has 0 spiro atoms. The molecule has 2 aromatic rings. The van der Waals surface area contributed by atoms with E-state index in [9.17, 15) is 4.79 Å². The smallest absolute Gasteiger partial charge is 0.248 e. The Hall–Kier alpha value is -2.08. The maximum absolute atomic E-state index is 11.1. The minimum Gasteiger partial charge on any atom is -0.374 e. The van der Waals surface area contributed by atoms with Crippen molar-refractivity contribution in [2.24, 2.45) is 0 Å². The van der Waals surface area contributed by atoms with E-state index in [-0.39, 0.29) is 17.9 Å². The molecule has 1 atom stereocenters. The summed E-state index contributed by atoms with van der Waals surface area (Å²) in [6, 6.07) is 5.16. The molecule has 2 rings (SSSR count). The van der Waals surface area contributed by atoms with E-state index in [0.717, 1.165) is 5.69 Å². The van der Waals surface area contributed by atoms with Gasteiger partial charge < -0.3 is 15.2 Å². The number of benzene rings is 1. The second-order valence-electron chi connectivity index (χ2n) is 5.39. The van der Waals surface area contributed by atoms with Gasteiger partial charge in [-0.2, -0.15) is 4.98 Å². The SMILES string of the molecule is CC(=O)Nc1ccc(NC(C)c2nc(C(C)C)no2)cc1Cl. The fourth-order valence-electron chi connectivity index (χ4n) is 1.87. The number of hydrogen-bond acceptors (Lipinski definition) is 5. The van der Waals surface area contributed by atoms with Crippen LogP contribution in [0.15, 0.2) is 22.7 Å². The highest BCUT2D eigenvalue weighted by molar-refractivity contribution is 6.34. The fraction of sp³-hybridized carbons (Fsp3) is 0.400. The lowest BCUT2D eigenvalue weighted by Gasteiger charge is -2.13. The highest BCUT2D eigenvalue weighted by atomic mass is 35.5. The molecule has 1 amide bonds. The fourth-order valence-corrected chi connectivity index (χ4v) is 2.09. The first-order chi connectivity index (χ1) is 10.4. The van der Waals surface area contributed by atoms with Crippen molar-refractivity contribution in [2.45, 2.75) is 39.7 Å². The monoisotopic (exact) mass is 322 g/mol. The molecule has 1 heterocycles. The van der Waals surface area contributed by atoms with Crippen LogP contribution in [0.2, 0.25) is 5.02 Å². The molecule has 6 nitrogen and oxygen atoms in total. The van der Waals surface area contributed by atoms with Crippen molar-refractivity contribution in [1.82, 2.24) is 10.1 Å². The molecule has 0 fully saturated rings. The summed E-state index contributed by atoms with van der Waals surface area (Å²) in [4.78, 5) is 15.4. The number of hydrogen-bond donors (Lipinski definition) is 2. The number of aromatic nitrogens is 2. The Morgan fingerprint density at radius 2 is 2.05 bits per heavy atom. The maximum Gasteiger partial charge on any atom is 0.248 e. The zero-order chi connectivity index (χ0) is 16.3. The lowest BCUT2D eigenvalue weighted by atomic mass is 10.2. The summed E-state index contributed by atoms with van der Waals surface area (Å²) in [7, 11) is 0. The second kappa shape index (κ2) is 6.79. The van der Waals surface area contributed by atoms with Crippen molar-refractivity contribution >= 4 is 28.9 Å². The Kier molecular flexibility index (Phi) is 5.03. The van der Waals surface area contributed by atoms with Crippen LogP contribution in [-0.2, 0) is 4.79 Å². The quantitative estimate of drug-likeness (QED) is 0.870. The van der Waals surface area contributed by atoms with Crippen LogP contribution < -0.4 is 10.6 Å². The Bertz CT molecular complexity index is 669. The standard InChI is InChI=1S/C15H19ClN4O2/c1-8(2)14-19-15(22-20-14)9(3)17-11-5-6-13(12(16)7-11)18-10(4)21/h5-9,17H,1-4H3,(H,18,21). The van der Waals surface area contributed by atoms with Crippen molar-refractivity contribution < 1.29 is 9.32 Å². The number of carbonyl (C=O) groups is 1. The van der Waals surface area contributed by atoms with E-state index in [4.69, 9.17) is 16.1 Å². The summed E-state index contributed by atoms with van der Waals surface area (Å²) in [6.45, 7) is 7.38. The van der Waals surface area contributed by atoms with Crippen LogP contribution in [0, 0.1) is 0 Å². The molecule has 0 saturated carbocycles. The molecule has 118 valence electrons. The molecule has 0 aliphatic carbocycles. The van der Waals surface area contributed by atoms with E-state index in [1.165, 1.54) is 6.92 Å². The summed E-state index contributed by atoms with van der Waals surface area (Å²) >= 11 is 6.14. The van der Waals surface area contributed by atoms with Gasteiger partial charge in [0.05, 0.1) is 10.7 Å². The van der Waals surface area contributed by atoms with Crippen molar-refractivity contribution in [2.75, 3.05) is 10.6 Å². The van der Waals surface area contributed by atoms with Gasteiger partial charge in [0.25, 0.3) is 0 Å². The van der Waals surface area contributed by atoms with Crippen LogP contribution >= 0.6 is 11.6 Å². The van der Waals surface area contributed by atoms with Crippen LogP contribution in [0.25, 0.3) is 0 Å². The van der Waals surface area contributed by atoms with Crippen molar-refractivity contribution in [1.29, 1.82) is 0 Å². The van der Waals surface area contributed by atoms with E-state index in [2.05, 4.69) is 20.8 Å². The van der Waals surface area contributed by atoms with Gasteiger partial charge in [0.1, 0.15) is 6.04 Å². The second-order valence-corrected chi connectivity index (χ2v) is 5.79. The summed E-state index contributed by atoms with van der Waals surface area (Å²) in [5, 5.41) is 10.3. The molecule has 7 heteroatoms. The molecule has 0 saturated heterocycles. The first kappa shape index (κ1) is 16.3. The van der Waals surface area contributed by atoms with E-state index in [1.807, 2.05) is 26.8 Å². The third-order valence-electron chi connectivity index (χ3n) is 3.01. The average molecular weight is 323 g/mol. The molecular formula is C15H19ClN4O2. The first-order valence-corrected chi connectivity index (χ1v) is 7.41. The first-order valence-electron chi connectivity index (χ1n) is 7.04. The predicted octanol–water partition coefficient (Wildman–Crippen LogP) is 3.98. The Morgan fingerprint density at radius 3 is 2.59 bits per heavy atom. The summed E-state index contributed by atoms with van der Waals surface area (Å²) in [6.07, 6.45) is 0. The van der Waals surface area contributed by atoms with Gasteiger partial charge in [-0.1, -0.05) is 30.6 Å². The Morgan fingerprint density at radius 1 is 1.32 bits per heavy atom. The Labute approximate surface area is 134 Å². The summed E-state index contributed by atoms with van der Waals surface area (Å²) in [5.41, 5.74) is 1.38.